The number of aromatic nitrogens is 2. The molecule has 1 aliphatic rings. The molecule has 162 valence electrons. The number of benzene rings is 2. The summed E-state index contributed by atoms with van der Waals surface area (Å²) in [5.74, 6) is 0.343. The standard InChI is InChI=1S/C23H20ClN5O2S/c24-16-3-2-15-8-17(32-20(15)9-16)10-21(30)29-6-5-28(22(31)12-29)11-14-1-4-18-19(7-14)26-13-27-23(18)25/h1-4,7-9,13H,5-6,10-12H2,(H2,25,26,27). The van der Waals surface area contributed by atoms with Crippen molar-refractivity contribution in [2.24, 2.45) is 0 Å². The van der Waals surface area contributed by atoms with Gasteiger partial charge >= 0.3 is 0 Å². The summed E-state index contributed by atoms with van der Waals surface area (Å²) in [6, 6.07) is 13.5. The molecule has 3 heterocycles. The van der Waals surface area contributed by atoms with Gasteiger partial charge in [-0.1, -0.05) is 23.7 Å². The van der Waals surface area contributed by atoms with E-state index in [1.54, 1.807) is 21.1 Å². The number of nitrogen functional groups attached to an aromatic ring is 1. The van der Waals surface area contributed by atoms with Gasteiger partial charge in [-0.15, -0.1) is 11.3 Å². The Balaban J connectivity index is 1.22. The van der Waals surface area contributed by atoms with Crippen LogP contribution in [0.2, 0.25) is 5.02 Å². The van der Waals surface area contributed by atoms with Crippen LogP contribution in [-0.2, 0) is 22.6 Å². The zero-order valence-electron chi connectivity index (χ0n) is 17.1. The van der Waals surface area contributed by atoms with Gasteiger partial charge in [-0.25, -0.2) is 9.97 Å². The summed E-state index contributed by atoms with van der Waals surface area (Å²) < 4.78 is 1.06. The zero-order chi connectivity index (χ0) is 22.2. The van der Waals surface area contributed by atoms with Crippen LogP contribution >= 0.6 is 22.9 Å². The Bertz CT molecular complexity index is 1350. The third kappa shape index (κ3) is 4.11. The summed E-state index contributed by atoms with van der Waals surface area (Å²) in [5.41, 5.74) is 7.60. The lowest BCUT2D eigenvalue weighted by atomic mass is 10.1. The van der Waals surface area contributed by atoms with E-state index in [4.69, 9.17) is 17.3 Å². The lowest BCUT2D eigenvalue weighted by Gasteiger charge is -2.34. The number of carbonyl (C=O) groups is 2. The van der Waals surface area contributed by atoms with Gasteiger partial charge in [0.15, 0.2) is 0 Å². The molecule has 4 aromatic rings. The lowest BCUT2D eigenvalue weighted by Crippen LogP contribution is -2.52. The molecule has 1 saturated heterocycles. The normalized spacial score (nSPS) is 14.5. The number of piperazine rings is 1. The molecule has 1 fully saturated rings. The van der Waals surface area contributed by atoms with E-state index in [0.717, 1.165) is 31.4 Å². The summed E-state index contributed by atoms with van der Waals surface area (Å²) >= 11 is 7.62. The number of carbonyl (C=O) groups excluding carboxylic acids is 2. The van der Waals surface area contributed by atoms with E-state index in [1.807, 2.05) is 42.5 Å². The molecule has 2 amide bonds. The summed E-state index contributed by atoms with van der Waals surface area (Å²) in [5, 5.41) is 2.55. The summed E-state index contributed by atoms with van der Waals surface area (Å²) in [4.78, 5) is 38.2. The highest BCUT2D eigenvalue weighted by atomic mass is 35.5. The van der Waals surface area contributed by atoms with Crippen LogP contribution in [0.25, 0.3) is 21.0 Å². The van der Waals surface area contributed by atoms with Crippen molar-refractivity contribution in [1.82, 2.24) is 19.8 Å². The predicted octanol–water partition coefficient (Wildman–Crippen LogP) is 3.49. The van der Waals surface area contributed by atoms with Gasteiger partial charge in [0, 0.05) is 39.6 Å². The molecule has 0 saturated carbocycles. The number of fused-ring (bicyclic) bond motifs is 2. The van der Waals surface area contributed by atoms with Crippen molar-refractivity contribution < 1.29 is 9.59 Å². The number of nitrogens with zero attached hydrogens (tertiary/aromatic N) is 4. The maximum absolute atomic E-state index is 12.8. The van der Waals surface area contributed by atoms with Crippen LogP contribution in [0.15, 0.2) is 48.8 Å². The maximum Gasteiger partial charge on any atom is 0.242 e. The van der Waals surface area contributed by atoms with Crippen molar-refractivity contribution in [3.63, 3.8) is 0 Å². The van der Waals surface area contributed by atoms with Crippen LogP contribution in [0.3, 0.4) is 0 Å². The van der Waals surface area contributed by atoms with Gasteiger partial charge in [0.2, 0.25) is 11.8 Å². The monoisotopic (exact) mass is 465 g/mol. The Morgan fingerprint density at radius 2 is 2.00 bits per heavy atom. The molecule has 2 aromatic heterocycles. The van der Waals surface area contributed by atoms with Crippen LogP contribution in [0.4, 0.5) is 5.82 Å². The molecule has 5 rings (SSSR count). The highest BCUT2D eigenvalue weighted by Gasteiger charge is 2.27. The minimum Gasteiger partial charge on any atom is -0.383 e. The van der Waals surface area contributed by atoms with Crippen LogP contribution in [0.1, 0.15) is 10.4 Å². The SMILES string of the molecule is Nc1ncnc2cc(CN3CCN(C(=O)Cc4cc5ccc(Cl)cc5s4)CC3=O)ccc12. The predicted molar refractivity (Wildman–Crippen MR) is 126 cm³/mol. The Morgan fingerprint density at radius 3 is 2.84 bits per heavy atom. The molecule has 32 heavy (non-hydrogen) atoms. The lowest BCUT2D eigenvalue weighted by molar-refractivity contribution is -0.145. The van der Waals surface area contributed by atoms with Crippen molar-refractivity contribution >= 4 is 61.6 Å². The number of thiophene rings is 1. The molecular weight excluding hydrogens is 446 g/mol. The Labute approximate surface area is 193 Å². The summed E-state index contributed by atoms with van der Waals surface area (Å²) in [6.07, 6.45) is 1.72. The number of anilines is 1. The maximum atomic E-state index is 12.8. The minimum atomic E-state index is -0.0602. The highest BCUT2D eigenvalue weighted by Crippen LogP contribution is 2.29. The van der Waals surface area contributed by atoms with Gasteiger partial charge in [0.05, 0.1) is 18.5 Å². The fourth-order valence-electron chi connectivity index (χ4n) is 3.94. The van der Waals surface area contributed by atoms with E-state index in [1.165, 1.54) is 6.33 Å². The van der Waals surface area contributed by atoms with Gasteiger partial charge < -0.3 is 15.5 Å². The van der Waals surface area contributed by atoms with Crippen molar-refractivity contribution in [2.75, 3.05) is 25.4 Å². The second-order valence-corrected chi connectivity index (χ2v) is 9.42. The van der Waals surface area contributed by atoms with Crippen molar-refractivity contribution in [3.8, 4) is 0 Å². The smallest absolute Gasteiger partial charge is 0.242 e. The van der Waals surface area contributed by atoms with E-state index in [2.05, 4.69) is 9.97 Å². The van der Waals surface area contributed by atoms with E-state index >= 15 is 0 Å². The molecule has 2 N–H and O–H groups in total. The Hall–Kier alpha value is -3.23. The van der Waals surface area contributed by atoms with Gasteiger partial charge in [-0.3, -0.25) is 9.59 Å². The number of rotatable bonds is 4. The van der Waals surface area contributed by atoms with E-state index in [0.29, 0.717) is 30.5 Å². The van der Waals surface area contributed by atoms with Crippen LogP contribution in [-0.4, -0.2) is 51.2 Å². The van der Waals surface area contributed by atoms with Crippen molar-refractivity contribution in [3.05, 3.63) is 64.3 Å². The second kappa shape index (κ2) is 8.37. The summed E-state index contributed by atoms with van der Waals surface area (Å²) in [6.45, 7) is 1.58. The largest absolute Gasteiger partial charge is 0.383 e. The number of halogens is 1. The van der Waals surface area contributed by atoms with E-state index in [9.17, 15) is 9.59 Å². The molecule has 7 nitrogen and oxygen atoms in total. The first kappa shape index (κ1) is 20.7. The van der Waals surface area contributed by atoms with Crippen molar-refractivity contribution in [2.45, 2.75) is 13.0 Å². The average Bonchev–Trinajstić information content (AvgIpc) is 3.16. The number of nitrogens with two attached hydrogens (primary N) is 1. The molecule has 1 aliphatic heterocycles. The first-order valence-electron chi connectivity index (χ1n) is 10.2. The van der Waals surface area contributed by atoms with Gasteiger partial charge in [0.1, 0.15) is 12.1 Å². The van der Waals surface area contributed by atoms with Gasteiger partial charge in [0.25, 0.3) is 0 Å². The van der Waals surface area contributed by atoms with Gasteiger partial charge in [-0.2, -0.15) is 0 Å². The molecule has 0 aliphatic carbocycles. The second-order valence-electron chi connectivity index (χ2n) is 7.81. The molecule has 9 heteroatoms. The topological polar surface area (TPSA) is 92.4 Å². The van der Waals surface area contributed by atoms with Crippen LogP contribution in [0.5, 0.6) is 0 Å². The van der Waals surface area contributed by atoms with Gasteiger partial charge in [-0.05, 0) is 41.3 Å². The zero-order valence-corrected chi connectivity index (χ0v) is 18.7. The fraction of sp³-hybridized carbons (Fsp3) is 0.217. The molecular formula is C23H20ClN5O2S. The number of amides is 2. The molecule has 0 unspecified atom stereocenters. The molecule has 2 aromatic carbocycles. The molecule has 0 spiro atoms. The van der Waals surface area contributed by atoms with Crippen LogP contribution < -0.4 is 5.73 Å². The third-order valence-corrected chi connectivity index (χ3v) is 6.97. The van der Waals surface area contributed by atoms with E-state index in [-0.39, 0.29) is 24.8 Å². The number of hydrogen-bond donors (Lipinski definition) is 1. The Morgan fingerprint density at radius 1 is 1.12 bits per heavy atom. The van der Waals surface area contributed by atoms with Crippen molar-refractivity contribution in [1.29, 1.82) is 0 Å². The third-order valence-electron chi connectivity index (χ3n) is 5.64. The highest BCUT2D eigenvalue weighted by molar-refractivity contribution is 7.19. The average molecular weight is 466 g/mol. The van der Waals surface area contributed by atoms with Crippen LogP contribution in [0, 0.1) is 0 Å². The Kier molecular flexibility index (Phi) is 5.40. The molecule has 0 bridgehead atoms. The molecule has 0 atom stereocenters. The molecule has 0 radical (unpaired) electrons. The summed E-state index contributed by atoms with van der Waals surface area (Å²) in [7, 11) is 0. The van der Waals surface area contributed by atoms with E-state index < -0.39 is 0 Å². The quantitative estimate of drug-likeness (QED) is 0.498. The number of hydrogen-bond acceptors (Lipinski definition) is 6. The minimum absolute atomic E-state index is 0.0338. The first-order chi connectivity index (χ1) is 15.5. The fourth-order valence-corrected chi connectivity index (χ4v) is 5.27. The first-order valence-corrected chi connectivity index (χ1v) is 11.4.